The fourth-order valence-electron chi connectivity index (χ4n) is 1.24. The summed E-state index contributed by atoms with van der Waals surface area (Å²) in [4.78, 5) is 10.8. The second-order valence-corrected chi connectivity index (χ2v) is 3.77. The van der Waals surface area contributed by atoms with Crippen LogP contribution < -0.4 is 0 Å². The van der Waals surface area contributed by atoms with E-state index < -0.39 is 0 Å². The minimum absolute atomic E-state index is 0.173. The predicted molar refractivity (Wildman–Crippen MR) is 60.5 cm³/mol. The Bertz CT molecular complexity index is 209. The molecule has 0 aliphatic rings. The molecule has 0 heterocycles. The van der Waals surface area contributed by atoms with Gasteiger partial charge in [-0.2, -0.15) is 0 Å². The first-order valence-electron chi connectivity index (χ1n) is 5.50. The van der Waals surface area contributed by atoms with E-state index in [1.165, 1.54) is 12.7 Å². The molecule has 1 atom stereocenters. The van der Waals surface area contributed by atoms with Crippen LogP contribution in [0.5, 0.6) is 0 Å². The lowest BCUT2D eigenvalue weighted by Crippen LogP contribution is -2.03. The molecule has 0 radical (unpaired) electrons. The van der Waals surface area contributed by atoms with Gasteiger partial charge in [-0.3, -0.25) is 4.79 Å². The maximum absolute atomic E-state index is 10.8. The molecular weight excluding hydrogens is 192 g/mol. The Hall–Kier alpha value is -0.830. The molecule has 0 aliphatic carbocycles. The molecule has 0 aliphatic heterocycles. The van der Waals surface area contributed by atoms with Gasteiger partial charge in [-0.25, -0.2) is 0 Å². The lowest BCUT2D eigenvalue weighted by atomic mass is 10.1. The van der Waals surface area contributed by atoms with E-state index >= 15 is 0 Å². The van der Waals surface area contributed by atoms with Crippen molar-refractivity contribution in [1.29, 1.82) is 0 Å². The van der Waals surface area contributed by atoms with Gasteiger partial charge in [0.25, 0.3) is 0 Å². The monoisotopic (exact) mass is 214 g/mol. The number of aliphatic hydroxyl groups is 1. The van der Waals surface area contributed by atoms with Crippen LogP contribution in [-0.2, 0) is 9.53 Å². The zero-order valence-electron chi connectivity index (χ0n) is 9.95. The fraction of sp³-hybridized carbons (Fsp3) is 0.750. The van der Waals surface area contributed by atoms with E-state index in [1.54, 1.807) is 0 Å². The highest BCUT2D eigenvalue weighted by Gasteiger charge is 2.01. The van der Waals surface area contributed by atoms with E-state index in [0.29, 0.717) is 6.42 Å². The van der Waals surface area contributed by atoms with E-state index in [-0.39, 0.29) is 12.1 Å². The summed E-state index contributed by atoms with van der Waals surface area (Å²) in [5, 5.41) is 9.36. The van der Waals surface area contributed by atoms with E-state index in [2.05, 4.69) is 4.74 Å². The molecule has 0 amide bonds. The van der Waals surface area contributed by atoms with Crippen LogP contribution in [0.4, 0.5) is 0 Å². The normalized spacial score (nSPS) is 13.7. The van der Waals surface area contributed by atoms with E-state index in [4.69, 9.17) is 0 Å². The minimum Gasteiger partial charge on any atom is -0.469 e. The number of rotatable bonds is 7. The first-order chi connectivity index (χ1) is 7.10. The maximum atomic E-state index is 10.8. The lowest BCUT2D eigenvalue weighted by molar-refractivity contribution is -0.140. The summed E-state index contributed by atoms with van der Waals surface area (Å²) < 4.78 is 4.54. The molecule has 3 heteroatoms. The number of carbonyl (C=O) groups excluding carboxylic acids is 1. The summed E-state index contributed by atoms with van der Waals surface area (Å²) in [7, 11) is 1.40. The van der Waals surface area contributed by atoms with Crippen LogP contribution in [0.25, 0.3) is 0 Å². The Balaban J connectivity index is 3.65. The summed E-state index contributed by atoms with van der Waals surface area (Å²) >= 11 is 0. The van der Waals surface area contributed by atoms with Crippen molar-refractivity contribution in [2.45, 2.75) is 52.1 Å². The number of allylic oxidation sites excluding steroid dienone is 2. The van der Waals surface area contributed by atoms with Crippen molar-refractivity contribution < 1.29 is 14.6 Å². The molecule has 15 heavy (non-hydrogen) atoms. The molecule has 0 bridgehead atoms. The standard InChI is InChI=1S/C12H22O3/c1-4-11(13)9-8-10(2)6-5-7-12(14)15-3/h6,11,13H,4-5,7-9H2,1-3H3/b10-6+. The maximum Gasteiger partial charge on any atom is 0.305 e. The highest BCUT2D eigenvalue weighted by Crippen LogP contribution is 2.10. The van der Waals surface area contributed by atoms with Crippen molar-refractivity contribution in [2.75, 3.05) is 7.11 Å². The van der Waals surface area contributed by atoms with Gasteiger partial charge >= 0.3 is 5.97 Å². The van der Waals surface area contributed by atoms with Crippen LogP contribution in [0.15, 0.2) is 11.6 Å². The number of hydrogen-bond acceptors (Lipinski definition) is 3. The van der Waals surface area contributed by atoms with Crippen LogP contribution in [0.3, 0.4) is 0 Å². The van der Waals surface area contributed by atoms with Crippen molar-refractivity contribution in [3.8, 4) is 0 Å². The molecule has 0 spiro atoms. The number of ether oxygens (including phenoxy) is 1. The number of carbonyl (C=O) groups is 1. The van der Waals surface area contributed by atoms with Gasteiger partial charge in [-0.15, -0.1) is 0 Å². The van der Waals surface area contributed by atoms with Gasteiger partial charge in [0.05, 0.1) is 13.2 Å². The molecule has 0 saturated carbocycles. The van der Waals surface area contributed by atoms with Gasteiger partial charge < -0.3 is 9.84 Å². The van der Waals surface area contributed by atoms with E-state index in [9.17, 15) is 9.90 Å². The Kier molecular flexibility index (Phi) is 8.01. The molecule has 1 N–H and O–H groups in total. The Morgan fingerprint density at radius 2 is 2.13 bits per heavy atom. The molecule has 0 rings (SSSR count). The molecule has 0 aromatic heterocycles. The highest BCUT2D eigenvalue weighted by molar-refractivity contribution is 5.69. The quantitative estimate of drug-likeness (QED) is 0.523. The molecule has 0 fully saturated rings. The first-order valence-corrected chi connectivity index (χ1v) is 5.50. The number of methoxy groups -OCH3 is 1. The van der Waals surface area contributed by atoms with Crippen LogP contribution in [0.1, 0.15) is 46.0 Å². The third-order valence-electron chi connectivity index (χ3n) is 2.41. The summed E-state index contributed by atoms with van der Waals surface area (Å²) in [5.74, 6) is -0.173. The van der Waals surface area contributed by atoms with Gasteiger partial charge in [0.15, 0.2) is 0 Å². The summed E-state index contributed by atoms with van der Waals surface area (Å²) in [6.45, 7) is 4.00. The SMILES string of the molecule is CCC(O)CC/C(C)=C/CCC(=O)OC. The molecule has 0 saturated heterocycles. The number of hydrogen-bond donors (Lipinski definition) is 1. The Morgan fingerprint density at radius 1 is 1.47 bits per heavy atom. The van der Waals surface area contributed by atoms with Gasteiger partial charge in [-0.1, -0.05) is 18.6 Å². The van der Waals surface area contributed by atoms with Crippen molar-refractivity contribution >= 4 is 5.97 Å². The summed E-state index contributed by atoms with van der Waals surface area (Å²) in [6.07, 6.45) is 5.50. The molecule has 0 aromatic carbocycles. The van der Waals surface area contributed by atoms with Crippen molar-refractivity contribution in [2.24, 2.45) is 0 Å². The van der Waals surface area contributed by atoms with Crippen LogP contribution >= 0.6 is 0 Å². The zero-order valence-corrected chi connectivity index (χ0v) is 9.95. The Morgan fingerprint density at radius 3 is 2.67 bits per heavy atom. The molecule has 3 nitrogen and oxygen atoms in total. The largest absolute Gasteiger partial charge is 0.469 e. The number of aliphatic hydroxyl groups excluding tert-OH is 1. The van der Waals surface area contributed by atoms with Crippen LogP contribution in [-0.4, -0.2) is 24.3 Å². The number of esters is 1. The van der Waals surface area contributed by atoms with Gasteiger partial charge in [0, 0.05) is 6.42 Å². The summed E-state index contributed by atoms with van der Waals surface area (Å²) in [6, 6.07) is 0. The second-order valence-electron chi connectivity index (χ2n) is 3.77. The predicted octanol–water partition coefficient (Wildman–Crippen LogP) is 2.44. The third-order valence-corrected chi connectivity index (χ3v) is 2.41. The first kappa shape index (κ1) is 14.2. The van der Waals surface area contributed by atoms with Crippen molar-refractivity contribution in [1.82, 2.24) is 0 Å². The van der Waals surface area contributed by atoms with Gasteiger partial charge in [0.2, 0.25) is 0 Å². The van der Waals surface area contributed by atoms with Crippen molar-refractivity contribution in [3.05, 3.63) is 11.6 Å². The van der Waals surface area contributed by atoms with E-state index in [0.717, 1.165) is 25.7 Å². The molecule has 88 valence electrons. The third kappa shape index (κ3) is 8.18. The van der Waals surface area contributed by atoms with Crippen LogP contribution in [0, 0.1) is 0 Å². The van der Waals surface area contributed by atoms with Gasteiger partial charge in [-0.05, 0) is 32.6 Å². The van der Waals surface area contributed by atoms with Crippen molar-refractivity contribution in [3.63, 3.8) is 0 Å². The highest BCUT2D eigenvalue weighted by atomic mass is 16.5. The minimum atomic E-state index is -0.200. The average Bonchev–Trinajstić information content (AvgIpc) is 2.25. The fourth-order valence-corrected chi connectivity index (χ4v) is 1.24. The lowest BCUT2D eigenvalue weighted by Gasteiger charge is -2.07. The molecule has 0 aromatic rings. The Labute approximate surface area is 92.1 Å². The zero-order chi connectivity index (χ0) is 11.7. The molecular formula is C12H22O3. The van der Waals surface area contributed by atoms with Gasteiger partial charge in [0.1, 0.15) is 0 Å². The topological polar surface area (TPSA) is 46.5 Å². The second kappa shape index (κ2) is 8.48. The van der Waals surface area contributed by atoms with E-state index in [1.807, 2.05) is 19.9 Å². The average molecular weight is 214 g/mol. The smallest absolute Gasteiger partial charge is 0.305 e. The summed E-state index contributed by atoms with van der Waals surface area (Å²) in [5.41, 5.74) is 1.23. The molecule has 1 unspecified atom stereocenters. The van der Waals surface area contributed by atoms with Crippen LogP contribution in [0.2, 0.25) is 0 Å².